The number of nitrogens with zero attached hydrogens (tertiary/aromatic N) is 2. The average molecular weight is 152 g/mol. The van der Waals surface area contributed by atoms with Gasteiger partial charge >= 0.3 is 0 Å². The largest absolute Gasteiger partial charge is 0.393 e. The Balaban J connectivity index is 2.77. The van der Waals surface area contributed by atoms with Crippen molar-refractivity contribution >= 4 is 0 Å². The minimum absolute atomic E-state index is 0.0590. The quantitative estimate of drug-likeness (QED) is 0.686. The molecule has 0 saturated carbocycles. The molecule has 0 aromatic carbocycles. The monoisotopic (exact) mass is 152 g/mol. The van der Waals surface area contributed by atoms with E-state index < -0.39 is 0 Å². The van der Waals surface area contributed by atoms with E-state index in [2.05, 4.69) is 9.97 Å². The van der Waals surface area contributed by atoms with Gasteiger partial charge in [-0.3, -0.25) is 9.97 Å². The zero-order valence-corrected chi connectivity index (χ0v) is 6.73. The lowest BCUT2D eigenvalue weighted by atomic mass is 10.0. The summed E-state index contributed by atoms with van der Waals surface area (Å²) < 4.78 is 0. The second-order valence-electron chi connectivity index (χ2n) is 2.66. The fourth-order valence-corrected chi connectivity index (χ4v) is 0.793. The van der Waals surface area contributed by atoms with E-state index in [4.69, 9.17) is 0 Å². The Morgan fingerprint density at radius 3 is 2.55 bits per heavy atom. The molecule has 0 bridgehead atoms. The number of aliphatic hydroxyl groups excluding tert-OH is 1. The molecule has 3 heteroatoms. The van der Waals surface area contributed by atoms with Crippen molar-refractivity contribution in [2.75, 3.05) is 0 Å². The Bertz CT molecular complexity index is 211. The average Bonchev–Trinajstić information content (AvgIpc) is 2.05. The lowest BCUT2D eigenvalue weighted by Crippen LogP contribution is -2.12. The van der Waals surface area contributed by atoms with Crippen molar-refractivity contribution in [3.05, 3.63) is 24.3 Å². The first-order chi connectivity index (χ1) is 5.22. The van der Waals surface area contributed by atoms with Crippen molar-refractivity contribution in [1.82, 2.24) is 9.97 Å². The topological polar surface area (TPSA) is 46.0 Å². The molecule has 0 aliphatic carbocycles. The first-order valence-corrected chi connectivity index (χ1v) is 3.66. The van der Waals surface area contributed by atoms with Crippen LogP contribution >= 0.6 is 0 Å². The normalized spacial score (nSPS) is 15.9. The van der Waals surface area contributed by atoms with Crippen LogP contribution in [0.4, 0.5) is 0 Å². The van der Waals surface area contributed by atoms with Gasteiger partial charge in [0.25, 0.3) is 0 Å². The summed E-state index contributed by atoms with van der Waals surface area (Å²) >= 11 is 0. The summed E-state index contributed by atoms with van der Waals surface area (Å²) in [5, 5.41) is 9.21. The van der Waals surface area contributed by atoms with E-state index in [0.717, 1.165) is 5.69 Å². The second-order valence-corrected chi connectivity index (χ2v) is 2.66. The van der Waals surface area contributed by atoms with Crippen LogP contribution in [0.15, 0.2) is 18.6 Å². The first-order valence-electron chi connectivity index (χ1n) is 3.66. The van der Waals surface area contributed by atoms with Crippen LogP contribution in [0.2, 0.25) is 0 Å². The van der Waals surface area contributed by atoms with Crippen molar-refractivity contribution in [1.29, 1.82) is 0 Å². The molecule has 2 atom stereocenters. The molecule has 0 radical (unpaired) electrons. The zero-order valence-electron chi connectivity index (χ0n) is 6.73. The van der Waals surface area contributed by atoms with Crippen LogP contribution in [-0.2, 0) is 0 Å². The highest BCUT2D eigenvalue weighted by atomic mass is 16.3. The van der Waals surface area contributed by atoms with Gasteiger partial charge in [-0.2, -0.15) is 0 Å². The molecule has 0 aliphatic heterocycles. The van der Waals surface area contributed by atoms with Crippen molar-refractivity contribution in [2.45, 2.75) is 25.9 Å². The van der Waals surface area contributed by atoms with E-state index >= 15 is 0 Å². The molecule has 1 heterocycles. The summed E-state index contributed by atoms with van der Waals surface area (Å²) in [6, 6.07) is 0. The van der Waals surface area contributed by atoms with E-state index in [1.54, 1.807) is 25.5 Å². The number of rotatable bonds is 2. The molecular formula is C8H12N2O. The third kappa shape index (κ3) is 1.98. The Morgan fingerprint density at radius 1 is 1.36 bits per heavy atom. The van der Waals surface area contributed by atoms with Gasteiger partial charge in [0, 0.05) is 24.5 Å². The summed E-state index contributed by atoms with van der Waals surface area (Å²) in [6.45, 7) is 3.67. The highest BCUT2D eigenvalue weighted by molar-refractivity contribution is 5.03. The maximum atomic E-state index is 9.21. The lowest BCUT2D eigenvalue weighted by Gasteiger charge is -2.12. The van der Waals surface area contributed by atoms with E-state index in [9.17, 15) is 5.11 Å². The van der Waals surface area contributed by atoms with E-state index in [1.807, 2.05) is 6.92 Å². The Labute approximate surface area is 66.1 Å². The number of hydrogen-bond donors (Lipinski definition) is 1. The van der Waals surface area contributed by atoms with Crippen molar-refractivity contribution in [3.8, 4) is 0 Å². The summed E-state index contributed by atoms with van der Waals surface area (Å²) in [5.41, 5.74) is 0.836. The number of hydrogen-bond acceptors (Lipinski definition) is 3. The minimum atomic E-state index is -0.369. The van der Waals surface area contributed by atoms with Crippen LogP contribution in [0.25, 0.3) is 0 Å². The van der Waals surface area contributed by atoms with Crippen LogP contribution in [-0.4, -0.2) is 21.2 Å². The van der Waals surface area contributed by atoms with E-state index in [0.29, 0.717) is 0 Å². The van der Waals surface area contributed by atoms with Gasteiger partial charge in [0.2, 0.25) is 0 Å². The summed E-state index contributed by atoms with van der Waals surface area (Å²) in [6.07, 6.45) is 4.57. The van der Waals surface area contributed by atoms with E-state index in [-0.39, 0.29) is 12.0 Å². The molecule has 11 heavy (non-hydrogen) atoms. The fraction of sp³-hybridized carbons (Fsp3) is 0.500. The predicted octanol–water partition coefficient (Wildman–Crippen LogP) is 0.961. The van der Waals surface area contributed by atoms with Crippen LogP contribution in [0, 0.1) is 0 Å². The molecule has 1 aromatic heterocycles. The van der Waals surface area contributed by atoms with Crippen molar-refractivity contribution in [3.63, 3.8) is 0 Å². The number of aromatic nitrogens is 2. The van der Waals surface area contributed by atoms with E-state index in [1.165, 1.54) is 0 Å². The Kier molecular flexibility index (Phi) is 2.54. The molecule has 0 amide bonds. The first kappa shape index (κ1) is 8.14. The van der Waals surface area contributed by atoms with Gasteiger partial charge in [-0.1, -0.05) is 6.92 Å². The van der Waals surface area contributed by atoms with Gasteiger partial charge in [0.15, 0.2) is 0 Å². The molecular weight excluding hydrogens is 140 g/mol. The molecule has 2 unspecified atom stereocenters. The SMILES string of the molecule is CC(O)C(C)c1cnccn1. The predicted molar refractivity (Wildman–Crippen MR) is 42.1 cm³/mol. The van der Waals surface area contributed by atoms with Crippen LogP contribution < -0.4 is 0 Å². The highest BCUT2D eigenvalue weighted by Crippen LogP contribution is 2.14. The third-order valence-electron chi connectivity index (χ3n) is 1.77. The molecule has 60 valence electrons. The summed E-state index contributed by atoms with van der Waals surface area (Å²) in [4.78, 5) is 7.99. The minimum Gasteiger partial charge on any atom is -0.393 e. The standard InChI is InChI=1S/C8H12N2O/c1-6(7(2)11)8-5-9-3-4-10-8/h3-7,11H,1-2H3. The maximum Gasteiger partial charge on any atom is 0.0640 e. The van der Waals surface area contributed by atoms with Gasteiger partial charge in [-0.15, -0.1) is 0 Å². The fourth-order valence-electron chi connectivity index (χ4n) is 0.793. The molecule has 3 nitrogen and oxygen atoms in total. The molecule has 0 fully saturated rings. The zero-order chi connectivity index (χ0) is 8.27. The van der Waals surface area contributed by atoms with Crippen LogP contribution in [0.3, 0.4) is 0 Å². The smallest absolute Gasteiger partial charge is 0.0640 e. The van der Waals surface area contributed by atoms with Gasteiger partial charge in [0.05, 0.1) is 11.8 Å². The maximum absolute atomic E-state index is 9.21. The van der Waals surface area contributed by atoms with Gasteiger partial charge in [0.1, 0.15) is 0 Å². The Hall–Kier alpha value is -0.960. The van der Waals surface area contributed by atoms with Crippen molar-refractivity contribution < 1.29 is 5.11 Å². The van der Waals surface area contributed by atoms with Crippen LogP contribution in [0.5, 0.6) is 0 Å². The summed E-state index contributed by atoms with van der Waals surface area (Å²) in [5.74, 6) is 0.0590. The molecule has 1 N–H and O–H groups in total. The molecule has 0 spiro atoms. The third-order valence-corrected chi connectivity index (χ3v) is 1.77. The lowest BCUT2D eigenvalue weighted by molar-refractivity contribution is 0.167. The van der Waals surface area contributed by atoms with Gasteiger partial charge in [-0.25, -0.2) is 0 Å². The highest BCUT2D eigenvalue weighted by Gasteiger charge is 2.11. The molecule has 0 saturated heterocycles. The van der Waals surface area contributed by atoms with Crippen LogP contribution in [0.1, 0.15) is 25.5 Å². The molecule has 0 aliphatic rings. The van der Waals surface area contributed by atoms with Gasteiger partial charge in [-0.05, 0) is 6.92 Å². The van der Waals surface area contributed by atoms with Crippen molar-refractivity contribution in [2.24, 2.45) is 0 Å². The second kappa shape index (κ2) is 3.44. The van der Waals surface area contributed by atoms with Gasteiger partial charge < -0.3 is 5.11 Å². The summed E-state index contributed by atoms with van der Waals surface area (Å²) in [7, 11) is 0. The number of aliphatic hydroxyl groups is 1. The molecule has 1 aromatic rings. The molecule has 1 rings (SSSR count). The Morgan fingerprint density at radius 2 is 2.09 bits per heavy atom.